The summed E-state index contributed by atoms with van der Waals surface area (Å²) < 4.78 is 53.7. The summed E-state index contributed by atoms with van der Waals surface area (Å²) in [6.07, 6.45) is 0.724. The van der Waals surface area contributed by atoms with E-state index in [1.165, 1.54) is 23.3 Å². The molecule has 1 fully saturated rings. The highest BCUT2D eigenvalue weighted by Crippen LogP contribution is 2.39. The molecule has 0 spiro atoms. The summed E-state index contributed by atoms with van der Waals surface area (Å²) in [5.41, 5.74) is 7.75. The van der Waals surface area contributed by atoms with Crippen molar-refractivity contribution in [2.75, 3.05) is 27.3 Å². The van der Waals surface area contributed by atoms with Crippen LogP contribution in [0.1, 0.15) is 63.3 Å². The molecular weight excluding hydrogens is 755 g/mol. The molecule has 12 heteroatoms. The van der Waals surface area contributed by atoms with Crippen LogP contribution in [-0.2, 0) is 56.8 Å². The van der Waals surface area contributed by atoms with Gasteiger partial charge in [0.05, 0.1) is 37.9 Å². The third-order valence-corrected chi connectivity index (χ3v) is 12.3. The van der Waals surface area contributed by atoms with Gasteiger partial charge in [-0.05, 0) is 77.4 Å². The van der Waals surface area contributed by atoms with Gasteiger partial charge in [0.25, 0.3) is 0 Å². The Balaban J connectivity index is 1.04. The number of sulfonamides is 1. The molecule has 0 radical (unpaired) electrons. The van der Waals surface area contributed by atoms with E-state index in [1.54, 1.807) is 26.4 Å². The normalized spacial score (nSPS) is 18.9. The van der Waals surface area contributed by atoms with Gasteiger partial charge in [0.1, 0.15) is 6.04 Å². The van der Waals surface area contributed by atoms with Crippen LogP contribution in [0, 0.1) is 6.92 Å². The molecule has 2 aliphatic rings. The Labute approximate surface area is 341 Å². The zero-order chi connectivity index (χ0) is 40.6. The molecule has 58 heavy (non-hydrogen) atoms. The average molecular weight is 806 g/mol. The smallest absolute Gasteiger partial charge is 0.241 e. The number of hydrogen-bond acceptors (Lipinski definition) is 9. The molecule has 5 aromatic rings. The van der Waals surface area contributed by atoms with E-state index in [1.807, 2.05) is 85.8 Å². The van der Waals surface area contributed by atoms with Crippen LogP contribution in [0.25, 0.3) is 0 Å². The Kier molecular flexibility index (Phi) is 13.2. The van der Waals surface area contributed by atoms with E-state index < -0.39 is 28.3 Å². The maximum absolute atomic E-state index is 13.6. The van der Waals surface area contributed by atoms with E-state index in [0.29, 0.717) is 13.0 Å². The topological polar surface area (TPSA) is 136 Å². The molecule has 2 aliphatic heterocycles. The van der Waals surface area contributed by atoms with Crippen molar-refractivity contribution in [2.45, 2.75) is 75.3 Å². The van der Waals surface area contributed by atoms with Gasteiger partial charge in [-0.2, -0.15) is 4.72 Å². The van der Waals surface area contributed by atoms with E-state index >= 15 is 0 Å². The summed E-state index contributed by atoms with van der Waals surface area (Å²) in [6.45, 7) is 4.40. The van der Waals surface area contributed by atoms with Crippen LogP contribution in [0.2, 0.25) is 0 Å². The molecule has 1 saturated heterocycles. The zero-order valence-electron chi connectivity index (χ0n) is 33.1. The van der Waals surface area contributed by atoms with Gasteiger partial charge in [0.2, 0.25) is 15.9 Å². The van der Waals surface area contributed by atoms with Crippen molar-refractivity contribution in [1.29, 1.82) is 0 Å². The van der Waals surface area contributed by atoms with E-state index in [4.69, 9.17) is 18.9 Å². The molecule has 0 saturated carbocycles. The number of nitrogens with one attached hydrogen (secondary N) is 2. The molecule has 1 amide bonds. The molecule has 7 rings (SSSR count). The summed E-state index contributed by atoms with van der Waals surface area (Å²) >= 11 is 0. The van der Waals surface area contributed by atoms with E-state index in [2.05, 4.69) is 27.1 Å². The number of rotatable bonds is 15. The lowest BCUT2D eigenvalue weighted by Crippen LogP contribution is -2.47. The summed E-state index contributed by atoms with van der Waals surface area (Å²) in [7, 11) is -0.657. The minimum atomic E-state index is -3.97. The van der Waals surface area contributed by atoms with Crippen LogP contribution < -0.4 is 19.5 Å². The maximum Gasteiger partial charge on any atom is 0.241 e. The van der Waals surface area contributed by atoms with E-state index in [0.717, 1.165) is 64.4 Å². The molecular formula is C46H51N3O8S. The van der Waals surface area contributed by atoms with Gasteiger partial charge >= 0.3 is 0 Å². The number of carbonyl (C=O) groups excluding carboxylic acids is 1. The van der Waals surface area contributed by atoms with Crippen LogP contribution in [0.4, 0.5) is 0 Å². The monoisotopic (exact) mass is 805 g/mol. The third kappa shape index (κ3) is 10.1. The molecule has 304 valence electrons. The molecule has 0 aliphatic carbocycles. The SMILES string of the molecule is COc1cc2c(cc1OC)CN(C[C@@H]1C[C@H](c3ccc(CO)cc3)OC(c3ccc(CNC(=O)[C@@H](Cc4ccccc4)NS(=O)(=O)c4ccc(C)cc4)cc3)O1)CC2. The van der Waals surface area contributed by atoms with Crippen LogP contribution in [0.5, 0.6) is 11.5 Å². The Hall–Kier alpha value is -5.08. The number of methoxy groups -OCH3 is 2. The summed E-state index contributed by atoms with van der Waals surface area (Å²) in [5.74, 6) is 1.02. The summed E-state index contributed by atoms with van der Waals surface area (Å²) in [6, 6.07) is 34.6. The Bertz CT molecular complexity index is 2250. The van der Waals surface area contributed by atoms with Crippen molar-refractivity contribution in [3.63, 3.8) is 0 Å². The molecule has 1 unspecified atom stereocenters. The fraction of sp³-hybridized carbons (Fsp3) is 0.326. The second kappa shape index (κ2) is 18.7. The highest BCUT2D eigenvalue weighted by atomic mass is 32.2. The largest absolute Gasteiger partial charge is 0.493 e. The van der Waals surface area contributed by atoms with Gasteiger partial charge in [0.15, 0.2) is 17.8 Å². The van der Waals surface area contributed by atoms with Crippen molar-refractivity contribution in [1.82, 2.24) is 14.9 Å². The van der Waals surface area contributed by atoms with Gasteiger partial charge in [-0.25, -0.2) is 8.42 Å². The van der Waals surface area contributed by atoms with E-state index in [-0.39, 0.29) is 36.7 Å². The van der Waals surface area contributed by atoms with Crippen molar-refractivity contribution in [3.8, 4) is 11.5 Å². The zero-order valence-corrected chi connectivity index (χ0v) is 33.9. The number of carbonyl (C=O) groups is 1. The molecule has 5 aromatic carbocycles. The third-order valence-electron chi connectivity index (χ3n) is 10.8. The fourth-order valence-corrected chi connectivity index (χ4v) is 8.73. The quantitative estimate of drug-likeness (QED) is 0.111. The second-order valence-corrected chi connectivity index (χ2v) is 16.7. The lowest BCUT2D eigenvalue weighted by molar-refractivity contribution is -0.253. The fourth-order valence-electron chi connectivity index (χ4n) is 7.53. The lowest BCUT2D eigenvalue weighted by atomic mass is 9.97. The van der Waals surface area contributed by atoms with Gasteiger partial charge in [-0.15, -0.1) is 0 Å². The van der Waals surface area contributed by atoms with Crippen molar-refractivity contribution >= 4 is 15.9 Å². The molecule has 0 aromatic heterocycles. The van der Waals surface area contributed by atoms with E-state index in [9.17, 15) is 18.3 Å². The van der Waals surface area contributed by atoms with Crippen molar-refractivity contribution in [3.05, 3.63) is 160 Å². The van der Waals surface area contributed by atoms with Crippen LogP contribution in [0.15, 0.2) is 120 Å². The highest BCUT2D eigenvalue weighted by molar-refractivity contribution is 7.89. The number of fused-ring (bicyclic) bond motifs is 1. The number of hydrogen-bond donors (Lipinski definition) is 3. The summed E-state index contributed by atoms with van der Waals surface area (Å²) in [4.78, 5) is 16.1. The van der Waals surface area contributed by atoms with Gasteiger partial charge in [-0.1, -0.05) is 96.6 Å². The molecule has 11 nitrogen and oxygen atoms in total. The molecule has 0 bridgehead atoms. The van der Waals surface area contributed by atoms with Crippen LogP contribution in [0.3, 0.4) is 0 Å². The first-order valence-electron chi connectivity index (χ1n) is 19.6. The minimum absolute atomic E-state index is 0.0310. The first kappa shape index (κ1) is 41.1. The summed E-state index contributed by atoms with van der Waals surface area (Å²) in [5, 5.41) is 12.6. The number of ether oxygens (including phenoxy) is 4. The number of benzene rings is 5. The van der Waals surface area contributed by atoms with Gasteiger partial charge in [0, 0.05) is 38.2 Å². The molecule has 4 atom stereocenters. The second-order valence-electron chi connectivity index (χ2n) is 14.9. The number of nitrogens with zero attached hydrogens (tertiary/aromatic N) is 1. The number of aliphatic hydroxyl groups excluding tert-OH is 1. The first-order valence-corrected chi connectivity index (χ1v) is 21.0. The van der Waals surface area contributed by atoms with Crippen molar-refractivity contribution in [2.24, 2.45) is 0 Å². The average Bonchev–Trinajstić information content (AvgIpc) is 3.25. The van der Waals surface area contributed by atoms with Gasteiger partial charge in [-0.3, -0.25) is 9.69 Å². The minimum Gasteiger partial charge on any atom is -0.493 e. The maximum atomic E-state index is 13.6. The lowest BCUT2D eigenvalue weighted by Gasteiger charge is -2.39. The first-order chi connectivity index (χ1) is 28.1. The standard InChI is InChI=1S/C46H51N3O8S/c1-31-9-19-40(20-10-31)58(52,53)48-41(23-32-7-5-4-6-8-32)45(51)47-27-33-11-17-36(18-12-33)46-56-39(26-42(57-46)35-15-13-34(30-50)14-16-35)29-49-22-21-37-24-43(54-2)44(55-3)25-38(37)28-49/h4-20,24-25,39,41-42,46,48,50H,21-23,26-30H2,1-3H3,(H,47,51)/t39-,41+,42+,46?/m0/s1. The van der Waals surface area contributed by atoms with Gasteiger partial charge < -0.3 is 29.4 Å². The number of amides is 1. The highest BCUT2D eigenvalue weighted by Gasteiger charge is 2.34. The predicted octanol–water partition coefficient (Wildman–Crippen LogP) is 6.31. The number of aliphatic hydroxyl groups is 1. The van der Waals surface area contributed by atoms with Crippen LogP contribution >= 0.6 is 0 Å². The Morgan fingerprint density at radius 1 is 0.828 bits per heavy atom. The van der Waals surface area contributed by atoms with Crippen molar-refractivity contribution < 1.29 is 37.3 Å². The Morgan fingerprint density at radius 3 is 2.16 bits per heavy atom. The Morgan fingerprint density at radius 2 is 1.48 bits per heavy atom. The van der Waals surface area contributed by atoms with Crippen LogP contribution in [-0.4, -0.2) is 63.8 Å². The molecule has 2 heterocycles. The molecule has 3 N–H and O–H groups in total. The number of aryl methyl sites for hydroxylation is 1. The predicted molar refractivity (Wildman–Crippen MR) is 221 cm³/mol.